The van der Waals surface area contributed by atoms with E-state index in [1.54, 1.807) is 0 Å². The number of hydrogen-bond donors (Lipinski definition) is 1. The van der Waals surface area contributed by atoms with Crippen LogP contribution < -0.4 is 5.73 Å². The first-order valence-corrected chi connectivity index (χ1v) is 5.64. The van der Waals surface area contributed by atoms with E-state index in [-0.39, 0.29) is 17.5 Å². The molecular weight excluding hydrogens is 202 g/mol. The third kappa shape index (κ3) is 2.09. The van der Waals surface area contributed by atoms with Crippen molar-refractivity contribution in [1.29, 1.82) is 0 Å². The lowest BCUT2D eigenvalue weighted by Crippen LogP contribution is -2.28. The molecule has 1 atom stereocenters. The maximum absolute atomic E-state index is 11.8. The first-order chi connectivity index (χ1) is 7.68. The van der Waals surface area contributed by atoms with Crippen molar-refractivity contribution in [3.63, 3.8) is 0 Å². The van der Waals surface area contributed by atoms with E-state index in [0.29, 0.717) is 6.54 Å². The Kier molecular flexibility index (Phi) is 2.97. The summed E-state index contributed by atoms with van der Waals surface area (Å²) < 4.78 is 5.44. The highest BCUT2D eigenvalue weighted by atomic mass is 16.5. The topological polar surface area (TPSA) is 52.3 Å². The Morgan fingerprint density at radius 1 is 1.44 bits per heavy atom. The van der Waals surface area contributed by atoms with Crippen LogP contribution in [0.15, 0.2) is 30.3 Å². The molecule has 1 unspecified atom stereocenters. The average molecular weight is 219 g/mol. The van der Waals surface area contributed by atoms with E-state index in [4.69, 9.17) is 10.5 Å². The highest BCUT2D eigenvalue weighted by Crippen LogP contribution is 2.46. The number of nitrogens with two attached hydrogens (primary N) is 1. The van der Waals surface area contributed by atoms with Gasteiger partial charge in [-0.1, -0.05) is 30.3 Å². The molecule has 0 radical (unpaired) electrons. The molecule has 0 bridgehead atoms. The maximum Gasteiger partial charge on any atom is 0.313 e. The highest BCUT2D eigenvalue weighted by Gasteiger charge is 2.50. The molecule has 16 heavy (non-hydrogen) atoms. The molecule has 2 rings (SSSR count). The van der Waals surface area contributed by atoms with Crippen molar-refractivity contribution in [2.24, 2.45) is 11.1 Å². The first-order valence-electron chi connectivity index (χ1n) is 5.64. The van der Waals surface area contributed by atoms with Crippen molar-refractivity contribution in [2.75, 3.05) is 6.54 Å². The van der Waals surface area contributed by atoms with Crippen LogP contribution in [0.2, 0.25) is 0 Å². The fraction of sp³-hybridized carbons (Fsp3) is 0.462. The molecule has 2 N–H and O–H groups in total. The van der Waals surface area contributed by atoms with Gasteiger partial charge in [-0.3, -0.25) is 4.79 Å². The zero-order valence-corrected chi connectivity index (χ0v) is 9.48. The van der Waals surface area contributed by atoms with E-state index in [1.807, 2.05) is 37.3 Å². The molecule has 3 nitrogen and oxygen atoms in total. The highest BCUT2D eigenvalue weighted by molar-refractivity contribution is 5.80. The number of hydrogen-bond acceptors (Lipinski definition) is 3. The number of benzene rings is 1. The molecule has 1 fully saturated rings. The number of esters is 1. The Morgan fingerprint density at radius 3 is 2.56 bits per heavy atom. The van der Waals surface area contributed by atoms with Crippen molar-refractivity contribution in [1.82, 2.24) is 0 Å². The van der Waals surface area contributed by atoms with Crippen LogP contribution in [0.5, 0.6) is 0 Å². The van der Waals surface area contributed by atoms with E-state index in [2.05, 4.69) is 0 Å². The van der Waals surface area contributed by atoms with Gasteiger partial charge < -0.3 is 10.5 Å². The predicted molar refractivity (Wildman–Crippen MR) is 61.7 cm³/mol. The van der Waals surface area contributed by atoms with Gasteiger partial charge in [0.05, 0.1) is 5.41 Å². The van der Waals surface area contributed by atoms with Gasteiger partial charge in [-0.15, -0.1) is 0 Å². The SMILES string of the molecule is CC(OC(=O)C1(CN)CC1)c1ccccc1. The molecule has 1 aliphatic carbocycles. The second-order valence-electron chi connectivity index (χ2n) is 4.44. The summed E-state index contributed by atoms with van der Waals surface area (Å²) >= 11 is 0. The van der Waals surface area contributed by atoms with Crippen LogP contribution in [0, 0.1) is 5.41 Å². The van der Waals surface area contributed by atoms with Crippen LogP contribution in [-0.4, -0.2) is 12.5 Å². The van der Waals surface area contributed by atoms with E-state index < -0.39 is 0 Å². The van der Waals surface area contributed by atoms with Crippen LogP contribution in [0.1, 0.15) is 31.4 Å². The molecule has 1 aromatic rings. The quantitative estimate of drug-likeness (QED) is 0.788. The fourth-order valence-electron chi connectivity index (χ4n) is 1.72. The zero-order valence-electron chi connectivity index (χ0n) is 9.48. The molecule has 0 aromatic heterocycles. The summed E-state index contributed by atoms with van der Waals surface area (Å²) in [4.78, 5) is 11.8. The Labute approximate surface area is 95.6 Å². The summed E-state index contributed by atoms with van der Waals surface area (Å²) in [7, 11) is 0. The maximum atomic E-state index is 11.8. The van der Waals surface area contributed by atoms with Crippen molar-refractivity contribution in [3.8, 4) is 0 Å². The van der Waals surface area contributed by atoms with Gasteiger partial charge in [0.1, 0.15) is 6.10 Å². The van der Waals surface area contributed by atoms with Gasteiger partial charge in [-0.25, -0.2) is 0 Å². The summed E-state index contributed by atoms with van der Waals surface area (Å²) in [6, 6.07) is 9.74. The molecule has 1 saturated carbocycles. The van der Waals surface area contributed by atoms with Crippen LogP contribution in [0.4, 0.5) is 0 Å². The second kappa shape index (κ2) is 4.26. The van der Waals surface area contributed by atoms with Gasteiger partial charge in [0, 0.05) is 6.54 Å². The van der Waals surface area contributed by atoms with Crippen LogP contribution in [-0.2, 0) is 9.53 Å². The van der Waals surface area contributed by atoms with E-state index in [1.165, 1.54) is 0 Å². The number of carbonyl (C=O) groups is 1. The Bertz CT molecular complexity index is 371. The molecule has 86 valence electrons. The van der Waals surface area contributed by atoms with E-state index in [0.717, 1.165) is 18.4 Å². The summed E-state index contributed by atoms with van der Waals surface area (Å²) in [5, 5.41) is 0. The van der Waals surface area contributed by atoms with Gasteiger partial charge in [0.2, 0.25) is 0 Å². The minimum absolute atomic E-state index is 0.147. The third-order valence-corrected chi connectivity index (χ3v) is 3.23. The lowest BCUT2D eigenvalue weighted by molar-refractivity contribution is -0.154. The normalized spacial score (nSPS) is 18.9. The van der Waals surface area contributed by atoms with Gasteiger partial charge in [0.25, 0.3) is 0 Å². The Morgan fingerprint density at radius 2 is 2.06 bits per heavy atom. The van der Waals surface area contributed by atoms with Gasteiger partial charge in [-0.2, -0.15) is 0 Å². The molecule has 0 heterocycles. The minimum Gasteiger partial charge on any atom is -0.457 e. The monoisotopic (exact) mass is 219 g/mol. The molecule has 0 spiro atoms. The Hall–Kier alpha value is -1.35. The predicted octanol–water partition coefficient (Wildman–Crippen LogP) is 2.03. The second-order valence-corrected chi connectivity index (χ2v) is 4.44. The largest absolute Gasteiger partial charge is 0.457 e. The Balaban J connectivity index is 1.98. The number of ether oxygens (including phenoxy) is 1. The summed E-state index contributed by atoms with van der Waals surface area (Å²) in [5.74, 6) is -0.147. The lowest BCUT2D eigenvalue weighted by atomic mass is 10.1. The third-order valence-electron chi connectivity index (χ3n) is 3.23. The van der Waals surface area contributed by atoms with Gasteiger partial charge >= 0.3 is 5.97 Å². The molecular formula is C13H17NO2. The smallest absolute Gasteiger partial charge is 0.313 e. The average Bonchev–Trinajstić information content (AvgIpc) is 3.11. The van der Waals surface area contributed by atoms with Crippen molar-refractivity contribution in [3.05, 3.63) is 35.9 Å². The molecule has 1 aromatic carbocycles. The summed E-state index contributed by atoms with van der Waals surface area (Å²) in [6.45, 7) is 2.28. The standard InChI is InChI=1S/C13H17NO2/c1-10(11-5-3-2-4-6-11)16-12(15)13(9-14)7-8-13/h2-6,10H,7-9,14H2,1H3. The van der Waals surface area contributed by atoms with Gasteiger partial charge in [-0.05, 0) is 25.3 Å². The van der Waals surface area contributed by atoms with E-state index in [9.17, 15) is 4.79 Å². The number of rotatable bonds is 4. The summed E-state index contributed by atoms with van der Waals surface area (Å²) in [5.41, 5.74) is 6.23. The van der Waals surface area contributed by atoms with Crippen molar-refractivity contribution >= 4 is 5.97 Å². The first kappa shape index (κ1) is 11.1. The molecule has 0 saturated heterocycles. The van der Waals surface area contributed by atoms with Crippen LogP contribution >= 0.6 is 0 Å². The zero-order chi connectivity index (χ0) is 11.6. The van der Waals surface area contributed by atoms with Gasteiger partial charge in [0.15, 0.2) is 0 Å². The summed E-state index contributed by atoms with van der Waals surface area (Å²) in [6.07, 6.45) is 1.53. The molecule has 3 heteroatoms. The fourth-order valence-corrected chi connectivity index (χ4v) is 1.72. The van der Waals surface area contributed by atoms with E-state index >= 15 is 0 Å². The van der Waals surface area contributed by atoms with Crippen LogP contribution in [0.3, 0.4) is 0 Å². The molecule has 1 aliphatic rings. The lowest BCUT2D eigenvalue weighted by Gasteiger charge is -2.17. The van der Waals surface area contributed by atoms with Crippen LogP contribution in [0.25, 0.3) is 0 Å². The molecule has 0 amide bonds. The minimum atomic E-state index is -0.372. The number of carbonyl (C=O) groups excluding carboxylic acids is 1. The molecule has 0 aliphatic heterocycles. The van der Waals surface area contributed by atoms with Crippen molar-refractivity contribution < 1.29 is 9.53 Å². The van der Waals surface area contributed by atoms with Crippen molar-refractivity contribution in [2.45, 2.75) is 25.9 Å².